The van der Waals surface area contributed by atoms with Crippen molar-refractivity contribution in [1.82, 2.24) is 15.2 Å². The second-order valence-corrected chi connectivity index (χ2v) is 7.60. The molecule has 2 aromatic heterocycles. The van der Waals surface area contributed by atoms with E-state index in [2.05, 4.69) is 56.9 Å². The molecule has 2 N–H and O–H groups in total. The van der Waals surface area contributed by atoms with Gasteiger partial charge >= 0.3 is 0 Å². The number of pyridine rings is 1. The van der Waals surface area contributed by atoms with Crippen molar-refractivity contribution in [3.05, 3.63) is 71.4 Å². The molecule has 140 valence electrons. The molecule has 0 aliphatic rings. The SMILES string of the molecule is Cc1nc(Nc2nnc(-c3ccc(-c4ccccc4)cc3)s2)c(C)c(C)c1O. The molecular formula is C22H20N4OS. The third-order valence-electron chi connectivity index (χ3n) is 4.78. The molecule has 4 aromatic rings. The van der Waals surface area contributed by atoms with Gasteiger partial charge in [-0.25, -0.2) is 4.98 Å². The Morgan fingerprint density at radius 1 is 0.786 bits per heavy atom. The monoisotopic (exact) mass is 388 g/mol. The van der Waals surface area contributed by atoms with Gasteiger partial charge in [0.2, 0.25) is 5.13 Å². The van der Waals surface area contributed by atoms with E-state index >= 15 is 0 Å². The zero-order valence-corrected chi connectivity index (χ0v) is 16.7. The highest BCUT2D eigenvalue weighted by atomic mass is 32.1. The van der Waals surface area contributed by atoms with E-state index in [-0.39, 0.29) is 5.75 Å². The number of aromatic hydroxyl groups is 1. The maximum Gasteiger partial charge on any atom is 0.211 e. The topological polar surface area (TPSA) is 70.9 Å². The predicted octanol–water partition coefficient (Wildman–Crippen LogP) is 5.64. The fourth-order valence-electron chi connectivity index (χ4n) is 2.98. The Morgan fingerprint density at radius 3 is 2.14 bits per heavy atom. The second-order valence-electron chi connectivity index (χ2n) is 6.63. The second kappa shape index (κ2) is 7.40. The summed E-state index contributed by atoms with van der Waals surface area (Å²) in [6.07, 6.45) is 0. The first-order valence-electron chi connectivity index (χ1n) is 8.96. The van der Waals surface area contributed by atoms with Gasteiger partial charge in [0, 0.05) is 5.56 Å². The van der Waals surface area contributed by atoms with E-state index in [9.17, 15) is 5.11 Å². The molecule has 0 saturated heterocycles. The minimum Gasteiger partial charge on any atom is -0.506 e. The van der Waals surface area contributed by atoms with Crippen molar-refractivity contribution in [1.29, 1.82) is 0 Å². The number of aromatic nitrogens is 3. The number of nitrogens with one attached hydrogen (secondary N) is 1. The number of hydrogen-bond donors (Lipinski definition) is 2. The molecule has 0 aliphatic heterocycles. The van der Waals surface area contributed by atoms with Crippen molar-refractivity contribution < 1.29 is 5.11 Å². The van der Waals surface area contributed by atoms with Gasteiger partial charge in [0.05, 0.1) is 5.69 Å². The average molecular weight is 388 g/mol. The van der Waals surface area contributed by atoms with E-state index in [1.165, 1.54) is 22.5 Å². The zero-order valence-electron chi connectivity index (χ0n) is 15.9. The van der Waals surface area contributed by atoms with Crippen LogP contribution in [0, 0.1) is 20.8 Å². The van der Waals surface area contributed by atoms with E-state index in [4.69, 9.17) is 0 Å². The Morgan fingerprint density at radius 2 is 1.43 bits per heavy atom. The lowest BCUT2D eigenvalue weighted by atomic mass is 10.0. The lowest BCUT2D eigenvalue weighted by Gasteiger charge is -2.11. The number of benzene rings is 2. The molecule has 0 atom stereocenters. The third kappa shape index (κ3) is 3.46. The summed E-state index contributed by atoms with van der Waals surface area (Å²) in [4.78, 5) is 4.43. The van der Waals surface area contributed by atoms with Gasteiger partial charge in [-0.15, -0.1) is 10.2 Å². The van der Waals surface area contributed by atoms with Crippen LogP contribution in [-0.2, 0) is 0 Å². The summed E-state index contributed by atoms with van der Waals surface area (Å²) < 4.78 is 0. The Hall–Kier alpha value is -3.25. The predicted molar refractivity (Wildman–Crippen MR) is 114 cm³/mol. The van der Waals surface area contributed by atoms with Crippen molar-refractivity contribution in [3.63, 3.8) is 0 Å². The molecular weight excluding hydrogens is 368 g/mol. The van der Waals surface area contributed by atoms with Crippen LogP contribution in [0.5, 0.6) is 5.75 Å². The molecule has 2 heterocycles. The number of anilines is 2. The molecule has 0 bridgehead atoms. The average Bonchev–Trinajstić information content (AvgIpc) is 3.20. The van der Waals surface area contributed by atoms with Crippen LogP contribution >= 0.6 is 11.3 Å². The fourth-order valence-corrected chi connectivity index (χ4v) is 3.73. The Bertz CT molecular complexity index is 1120. The van der Waals surface area contributed by atoms with Crippen LogP contribution in [0.25, 0.3) is 21.7 Å². The summed E-state index contributed by atoms with van der Waals surface area (Å²) in [5, 5.41) is 23.3. The van der Waals surface area contributed by atoms with Gasteiger partial charge in [-0.3, -0.25) is 0 Å². The van der Waals surface area contributed by atoms with Gasteiger partial charge in [-0.2, -0.15) is 0 Å². The largest absolute Gasteiger partial charge is 0.506 e. The first kappa shape index (κ1) is 18.1. The zero-order chi connectivity index (χ0) is 19.7. The molecule has 0 aliphatic carbocycles. The van der Waals surface area contributed by atoms with Gasteiger partial charge in [0.15, 0.2) is 0 Å². The molecule has 4 rings (SSSR count). The van der Waals surface area contributed by atoms with Crippen molar-refractivity contribution in [2.24, 2.45) is 0 Å². The van der Waals surface area contributed by atoms with E-state index in [0.29, 0.717) is 16.6 Å². The van der Waals surface area contributed by atoms with Crippen LogP contribution in [0.1, 0.15) is 16.8 Å². The molecule has 0 unspecified atom stereocenters. The first-order valence-corrected chi connectivity index (χ1v) is 9.77. The van der Waals surface area contributed by atoms with Crippen LogP contribution in [0.3, 0.4) is 0 Å². The van der Waals surface area contributed by atoms with Gasteiger partial charge < -0.3 is 10.4 Å². The highest BCUT2D eigenvalue weighted by molar-refractivity contribution is 7.18. The van der Waals surface area contributed by atoms with Gasteiger partial charge in [-0.1, -0.05) is 65.9 Å². The first-order chi connectivity index (χ1) is 13.5. The van der Waals surface area contributed by atoms with Gasteiger partial charge in [-0.05, 0) is 43.0 Å². The highest BCUT2D eigenvalue weighted by Crippen LogP contribution is 2.33. The van der Waals surface area contributed by atoms with Crippen molar-refractivity contribution in [3.8, 4) is 27.4 Å². The number of rotatable bonds is 4. The fraction of sp³-hybridized carbons (Fsp3) is 0.136. The van der Waals surface area contributed by atoms with Gasteiger partial charge in [0.1, 0.15) is 16.6 Å². The maximum atomic E-state index is 10.0. The summed E-state index contributed by atoms with van der Waals surface area (Å²) in [7, 11) is 0. The third-order valence-corrected chi connectivity index (χ3v) is 5.67. The highest BCUT2D eigenvalue weighted by Gasteiger charge is 2.13. The maximum absolute atomic E-state index is 10.0. The lowest BCUT2D eigenvalue weighted by Crippen LogP contribution is -2.00. The van der Waals surface area contributed by atoms with Crippen LogP contribution < -0.4 is 5.32 Å². The quantitative estimate of drug-likeness (QED) is 0.473. The summed E-state index contributed by atoms with van der Waals surface area (Å²) in [5.41, 5.74) is 5.68. The van der Waals surface area contributed by atoms with E-state index < -0.39 is 0 Å². The molecule has 0 amide bonds. The normalized spacial score (nSPS) is 10.8. The van der Waals surface area contributed by atoms with Crippen LogP contribution in [-0.4, -0.2) is 20.3 Å². The molecule has 0 spiro atoms. The summed E-state index contributed by atoms with van der Waals surface area (Å²) in [6.45, 7) is 5.59. The van der Waals surface area contributed by atoms with Crippen molar-refractivity contribution >= 4 is 22.3 Å². The summed E-state index contributed by atoms with van der Waals surface area (Å²) >= 11 is 1.47. The van der Waals surface area contributed by atoms with Gasteiger partial charge in [0.25, 0.3) is 0 Å². The standard InChI is InChI=1S/C22H20N4OS/c1-13-14(2)20(23-15(3)19(13)27)24-22-26-25-21(28-22)18-11-9-17(10-12-18)16-7-5-4-6-8-16/h4-12,27H,1-3H3,(H,23,24,26). The van der Waals surface area contributed by atoms with Crippen molar-refractivity contribution in [2.45, 2.75) is 20.8 Å². The lowest BCUT2D eigenvalue weighted by molar-refractivity contribution is 0.463. The molecule has 6 heteroatoms. The van der Waals surface area contributed by atoms with Crippen molar-refractivity contribution in [2.75, 3.05) is 5.32 Å². The van der Waals surface area contributed by atoms with Crippen LogP contribution in [0.2, 0.25) is 0 Å². The molecule has 2 aromatic carbocycles. The number of hydrogen-bond acceptors (Lipinski definition) is 6. The molecule has 5 nitrogen and oxygen atoms in total. The minimum atomic E-state index is 0.236. The Kier molecular flexibility index (Phi) is 4.79. The number of nitrogens with zero attached hydrogens (tertiary/aromatic N) is 3. The molecule has 0 fully saturated rings. The molecule has 28 heavy (non-hydrogen) atoms. The Labute approximate surface area is 167 Å². The van der Waals surface area contributed by atoms with Crippen LogP contribution in [0.4, 0.5) is 10.9 Å². The van der Waals surface area contributed by atoms with E-state index in [0.717, 1.165) is 21.7 Å². The van der Waals surface area contributed by atoms with E-state index in [1.54, 1.807) is 6.92 Å². The summed E-state index contributed by atoms with van der Waals surface area (Å²) in [5.74, 6) is 0.925. The molecule has 0 saturated carbocycles. The number of aryl methyl sites for hydroxylation is 1. The smallest absolute Gasteiger partial charge is 0.211 e. The molecule has 0 radical (unpaired) electrons. The van der Waals surface area contributed by atoms with E-state index in [1.807, 2.05) is 32.0 Å². The van der Waals surface area contributed by atoms with Crippen LogP contribution in [0.15, 0.2) is 54.6 Å². The summed E-state index contributed by atoms with van der Waals surface area (Å²) in [6, 6.07) is 18.6. The minimum absolute atomic E-state index is 0.236. The Balaban J connectivity index is 1.57.